The molecule has 1 rings (SSSR count). The molecule has 0 heterocycles. The average Bonchev–Trinajstić information content (AvgIpc) is 2.26. The molecular formula is C11H14O4. The Morgan fingerprint density at radius 2 is 1.80 bits per heavy atom. The normalized spacial score (nSPS) is 14.5. The van der Waals surface area contributed by atoms with Crippen LogP contribution in [0.3, 0.4) is 0 Å². The summed E-state index contributed by atoms with van der Waals surface area (Å²) in [6, 6.07) is 8.46. The highest BCUT2D eigenvalue weighted by Crippen LogP contribution is 2.27. The number of rotatable bonds is 5. The average molecular weight is 210 g/mol. The van der Waals surface area contributed by atoms with Crippen LogP contribution >= 0.6 is 0 Å². The van der Waals surface area contributed by atoms with Crippen LogP contribution < -0.4 is 0 Å². The van der Waals surface area contributed by atoms with Crippen LogP contribution in [0.2, 0.25) is 0 Å². The Bertz CT molecular complexity index is 323. The highest BCUT2D eigenvalue weighted by molar-refractivity contribution is 5.81. The molecule has 0 saturated carbocycles. The van der Waals surface area contributed by atoms with Crippen molar-refractivity contribution < 1.29 is 20.1 Å². The van der Waals surface area contributed by atoms with Gasteiger partial charge in [-0.2, -0.15) is 0 Å². The van der Waals surface area contributed by atoms with E-state index in [-0.39, 0.29) is 13.0 Å². The Morgan fingerprint density at radius 1 is 1.20 bits per heavy atom. The lowest BCUT2D eigenvalue weighted by Crippen LogP contribution is -2.40. The second-order valence-electron chi connectivity index (χ2n) is 3.39. The van der Waals surface area contributed by atoms with Crippen LogP contribution in [-0.4, -0.2) is 34.5 Å². The summed E-state index contributed by atoms with van der Waals surface area (Å²) in [7, 11) is 0. The molecule has 0 bridgehead atoms. The van der Waals surface area contributed by atoms with E-state index in [1.807, 2.05) is 0 Å². The highest BCUT2D eigenvalue weighted by atomic mass is 16.4. The standard InChI is InChI=1S/C11H14O4/c12-7-6-11(8-13,10(14)15)9-4-2-1-3-5-9/h1-5,12-13H,6-8H2,(H,14,15). The van der Waals surface area contributed by atoms with Crippen LogP contribution in [0.15, 0.2) is 30.3 Å². The Kier molecular flexibility index (Phi) is 3.82. The third-order valence-corrected chi connectivity index (χ3v) is 2.54. The van der Waals surface area contributed by atoms with E-state index >= 15 is 0 Å². The van der Waals surface area contributed by atoms with Gasteiger partial charge in [-0.1, -0.05) is 30.3 Å². The van der Waals surface area contributed by atoms with E-state index in [1.54, 1.807) is 30.3 Å². The lowest BCUT2D eigenvalue weighted by atomic mass is 9.78. The third kappa shape index (κ3) is 2.16. The number of hydrogen-bond donors (Lipinski definition) is 3. The van der Waals surface area contributed by atoms with Crippen LogP contribution in [-0.2, 0) is 10.2 Å². The lowest BCUT2D eigenvalue weighted by Gasteiger charge is -2.26. The molecule has 0 spiro atoms. The largest absolute Gasteiger partial charge is 0.481 e. The molecule has 0 radical (unpaired) electrons. The van der Waals surface area contributed by atoms with Crippen molar-refractivity contribution >= 4 is 5.97 Å². The summed E-state index contributed by atoms with van der Waals surface area (Å²) in [6.07, 6.45) is 0.00282. The van der Waals surface area contributed by atoms with E-state index in [9.17, 15) is 9.90 Å². The summed E-state index contributed by atoms with van der Waals surface area (Å²) in [4.78, 5) is 11.2. The highest BCUT2D eigenvalue weighted by Gasteiger charge is 2.39. The molecule has 1 atom stereocenters. The van der Waals surface area contributed by atoms with Gasteiger partial charge in [-0.3, -0.25) is 4.79 Å². The van der Waals surface area contributed by atoms with Crippen LogP contribution in [0.1, 0.15) is 12.0 Å². The van der Waals surface area contributed by atoms with Gasteiger partial charge in [0.05, 0.1) is 6.61 Å². The van der Waals surface area contributed by atoms with Gasteiger partial charge < -0.3 is 15.3 Å². The maximum atomic E-state index is 11.2. The SMILES string of the molecule is O=C(O)C(CO)(CCO)c1ccccc1. The van der Waals surface area contributed by atoms with Crippen LogP contribution in [0.5, 0.6) is 0 Å². The molecule has 0 aliphatic rings. The molecule has 4 heteroatoms. The van der Waals surface area contributed by atoms with Crippen LogP contribution in [0.25, 0.3) is 0 Å². The van der Waals surface area contributed by atoms with Gasteiger partial charge in [0.15, 0.2) is 0 Å². The molecule has 0 aliphatic carbocycles. The van der Waals surface area contributed by atoms with Gasteiger partial charge in [-0.15, -0.1) is 0 Å². The first kappa shape index (κ1) is 11.7. The molecule has 0 aromatic heterocycles. The molecule has 0 saturated heterocycles. The van der Waals surface area contributed by atoms with Crippen molar-refractivity contribution in [1.29, 1.82) is 0 Å². The summed E-state index contributed by atoms with van der Waals surface area (Å²) in [5, 5.41) is 27.2. The summed E-state index contributed by atoms with van der Waals surface area (Å²) < 4.78 is 0. The number of aliphatic carboxylic acids is 1. The van der Waals surface area contributed by atoms with Crippen molar-refractivity contribution in [2.45, 2.75) is 11.8 Å². The Balaban J connectivity index is 3.15. The number of carboxylic acid groups (broad SMARTS) is 1. The van der Waals surface area contributed by atoms with E-state index in [1.165, 1.54) is 0 Å². The minimum Gasteiger partial charge on any atom is -0.481 e. The van der Waals surface area contributed by atoms with E-state index in [4.69, 9.17) is 10.2 Å². The molecule has 0 aliphatic heterocycles. The van der Waals surface area contributed by atoms with E-state index in [2.05, 4.69) is 0 Å². The molecule has 82 valence electrons. The zero-order valence-corrected chi connectivity index (χ0v) is 8.26. The second kappa shape index (κ2) is 4.91. The molecule has 1 unspecified atom stereocenters. The number of hydrogen-bond acceptors (Lipinski definition) is 3. The molecular weight excluding hydrogens is 196 g/mol. The Labute approximate surface area is 87.8 Å². The van der Waals surface area contributed by atoms with E-state index in [0.717, 1.165) is 0 Å². The van der Waals surface area contributed by atoms with E-state index < -0.39 is 18.0 Å². The molecule has 3 N–H and O–H groups in total. The Hall–Kier alpha value is -1.39. The predicted octanol–water partition coefficient (Wildman–Crippen LogP) is 0.384. The molecule has 1 aromatic rings. The Morgan fingerprint density at radius 3 is 2.20 bits per heavy atom. The van der Waals surface area contributed by atoms with Crippen molar-refractivity contribution in [1.82, 2.24) is 0 Å². The first-order chi connectivity index (χ1) is 7.17. The zero-order valence-electron chi connectivity index (χ0n) is 8.26. The van der Waals surface area contributed by atoms with Gasteiger partial charge in [0.25, 0.3) is 0 Å². The summed E-state index contributed by atoms with van der Waals surface area (Å²) in [5.41, 5.74) is -0.884. The van der Waals surface area contributed by atoms with Crippen LogP contribution in [0.4, 0.5) is 0 Å². The predicted molar refractivity (Wildman–Crippen MR) is 54.5 cm³/mol. The van der Waals surface area contributed by atoms with E-state index in [0.29, 0.717) is 5.56 Å². The van der Waals surface area contributed by atoms with Gasteiger partial charge in [-0.25, -0.2) is 0 Å². The quantitative estimate of drug-likeness (QED) is 0.656. The van der Waals surface area contributed by atoms with Crippen molar-refractivity contribution in [2.75, 3.05) is 13.2 Å². The maximum Gasteiger partial charge on any atom is 0.316 e. The minimum absolute atomic E-state index is 0.00282. The van der Waals surface area contributed by atoms with Gasteiger partial charge in [-0.05, 0) is 12.0 Å². The first-order valence-electron chi connectivity index (χ1n) is 4.68. The lowest BCUT2D eigenvalue weighted by molar-refractivity contribution is -0.146. The number of carbonyl (C=O) groups is 1. The smallest absolute Gasteiger partial charge is 0.316 e. The van der Waals surface area contributed by atoms with Crippen LogP contribution in [0, 0.1) is 0 Å². The maximum absolute atomic E-state index is 11.2. The number of benzene rings is 1. The number of aliphatic hydroxyl groups is 2. The fourth-order valence-electron chi connectivity index (χ4n) is 1.56. The molecule has 0 amide bonds. The van der Waals surface area contributed by atoms with Crippen molar-refractivity contribution in [2.24, 2.45) is 0 Å². The molecule has 15 heavy (non-hydrogen) atoms. The van der Waals surface area contributed by atoms with Gasteiger partial charge in [0.1, 0.15) is 5.41 Å². The zero-order chi connectivity index (χ0) is 11.3. The van der Waals surface area contributed by atoms with Crippen molar-refractivity contribution in [3.63, 3.8) is 0 Å². The number of aliphatic hydroxyl groups excluding tert-OH is 2. The second-order valence-corrected chi connectivity index (χ2v) is 3.39. The van der Waals surface area contributed by atoms with Gasteiger partial charge >= 0.3 is 5.97 Å². The van der Waals surface area contributed by atoms with Crippen molar-refractivity contribution in [3.05, 3.63) is 35.9 Å². The third-order valence-electron chi connectivity index (χ3n) is 2.54. The number of carboxylic acids is 1. The van der Waals surface area contributed by atoms with Gasteiger partial charge in [0.2, 0.25) is 0 Å². The minimum atomic E-state index is -1.39. The molecule has 0 fully saturated rings. The summed E-state index contributed by atoms with van der Waals surface area (Å²) in [6.45, 7) is -0.797. The fourth-order valence-corrected chi connectivity index (χ4v) is 1.56. The van der Waals surface area contributed by atoms with Gasteiger partial charge in [0, 0.05) is 6.61 Å². The first-order valence-corrected chi connectivity index (χ1v) is 4.68. The van der Waals surface area contributed by atoms with Crippen molar-refractivity contribution in [3.8, 4) is 0 Å². The molecule has 1 aromatic carbocycles. The topological polar surface area (TPSA) is 77.8 Å². The summed E-state index contributed by atoms with van der Waals surface area (Å²) in [5.74, 6) is -1.12. The fraction of sp³-hybridized carbons (Fsp3) is 0.364. The summed E-state index contributed by atoms with van der Waals surface area (Å²) >= 11 is 0. The molecule has 4 nitrogen and oxygen atoms in total. The monoisotopic (exact) mass is 210 g/mol.